The number of halogens is 1. The standard InChI is InChI=1S/C14H13BrN2O2/c1-8-3-4-11(5-9(8)2)17-13-12(14(18)19)6-10(15)7-16-13/h3-7H,1-2H3,(H,16,17)(H,18,19). The highest BCUT2D eigenvalue weighted by molar-refractivity contribution is 9.10. The lowest BCUT2D eigenvalue weighted by molar-refractivity contribution is 0.0697. The Kier molecular flexibility index (Phi) is 3.85. The number of carboxylic acids is 1. The Labute approximate surface area is 119 Å². The summed E-state index contributed by atoms with van der Waals surface area (Å²) in [5.41, 5.74) is 3.28. The van der Waals surface area contributed by atoms with Gasteiger partial charge in [0.05, 0.1) is 0 Å². The van der Waals surface area contributed by atoms with Crippen LogP contribution in [0, 0.1) is 13.8 Å². The van der Waals surface area contributed by atoms with Crippen molar-refractivity contribution in [1.82, 2.24) is 4.98 Å². The van der Waals surface area contributed by atoms with Crippen LogP contribution in [0.25, 0.3) is 0 Å². The number of nitrogens with zero attached hydrogens (tertiary/aromatic N) is 1. The summed E-state index contributed by atoms with van der Waals surface area (Å²) >= 11 is 3.22. The van der Waals surface area contributed by atoms with Crippen LogP contribution < -0.4 is 5.32 Å². The summed E-state index contributed by atoms with van der Waals surface area (Å²) in [5, 5.41) is 12.2. The third-order valence-corrected chi connectivity index (χ3v) is 3.29. The fourth-order valence-electron chi connectivity index (χ4n) is 1.66. The Hall–Kier alpha value is -1.88. The normalized spacial score (nSPS) is 10.3. The van der Waals surface area contributed by atoms with E-state index in [1.165, 1.54) is 11.6 Å². The number of carbonyl (C=O) groups is 1. The maximum Gasteiger partial charge on any atom is 0.339 e. The molecule has 0 aliphatic carbocycles. The van der Waals surface area contributed by atoms with Crippen molar-refractivity contribution in [2.24, 2.45) is 0 Å². The van der Waals surface area contributed by atoms with Crippen LogP contribution in [0.2, 0.25) is 0 Å². The molecule has 98 valence electrons. The maximum atomic E-state index is 11.2. The molecule has 1 aromatic heterocycles. The zero-order valence-corrected chi connectivity index (χ0v) is 12.2. The van der Waals surface area contributed by atoms with Gasteiger partial charge in [-0.2, -0.15) is 0 Å². The first-order valence-corrected chi connectivity index (χ1v) is 6.50. The number of aryl methyl sites for hydroxylation is 2. The van der Waals surface area contributed by atoms with Crippen LogP contribution in [0.4, 0.5) is 11.5 Å². The molecule has 19 heavy (non-hydrogen) atoms. The van der Waals surface area contributed by atoms with Crippen molar-refractivity contribution in [3.8, 4) is 0 Å². The monoisotopic (exact) mass is 320 g/mol. The summed E-state index contributed by atoms with van der Waals surface area (Å²) < 4.78 is 0.635. The lowest BCUT2D eigenvalue weighted by Crippen LogP contribution is -2.05. The molecule has 2 rings (SSSR count). The van der Waals surface area contributed by atoms with E-state index in [0.717, 1.165) is 11.3 Å². The molecule has 1 heterocycles. The SMILES string of the molecule is Cc1ccc(Nc2ncc(Br)cc2C(=O)O)cc1C. The lowest BCUT2D eigenvalue weighted by atomic mass is 10.1. The number of aromatic nitrogens is 1. The van der Waals surface area contributed by atoms with E-state index >= 15 is 0 Å². The zero-order chi connectivity index (χ0) is 14.0. The second-order valence-electron chi connectivity index (χ2n) is 4.28. The maximum absolute atomic E-state index is 11.2. The molecule has 0 unspecified atom stereocenters. The van der Waals surface area contributed by atoms with E-state index in [2.05, 4.69) is 26.2 Å². The largest absolute Gasteiger partial charge is 0.478 e. The van der Waals surface area contributed by atoms with E-state index < -0.39 is 5.97 Å². The van der Waals surface area contributed by atoms with Crippen LogP contribution >= 0.6 is 15.9 Å². The number of hydrogen-bond acceptors (Lipinski definition) is 3. The number of hydrogen-bond donors (Lipinski definition) is 2. The molecule has 2 N–H and O–H groups in total. The van der Waals surface area contributed by atoms with E-state index in [1.807, 2.05) is 32.0 Å². The summed E-state index contributed by atoms with van der Waals surface area (Å²) in [4.78, 5) is 15.3. The minimum absolute atomic E-state index is 0.132. The van der Waals surface area contributed by atoms with Crippen LogP contribution in [-0.4, -0.2) is 16.1 Å². The second kappa shape index (κ2) is 5.40. The summed E-state index contributed by atoms with van der Waals surface area (Å²) in [7, 11) is 0. The Morgan fingerprint density at radius 1 is 1.26 bits per heavy atom. The first kappa shape index (κ1) is 13.5. The van der Waals surface area contributed by atoms with E-state index in [9.17, 15) is 4.79 Å². The molecule has 5 heteroatoms. The average Bonchev–Trinajstić information content (AvgIpc) is 2.36. The molecule has 4 nitrogen and oxygen atoms in total. The average molecular weight is 321 g/mol. The summed E-state index contributed by atoms with van der Waals surface area (Å²) in [6.07, 6.45) is 1.57. The van der Waals surface area contributed by atoms with Gasteiger partial charge >= 0.3 is 5.97 Å². The fraction of sp³-hybridized carbons (Fsp3) is 0.143. The van der Waals surface area contributed by atoms with Crippen molar-refractivity contribution in [2.75, 3.05) is 5.32 Å². The Morgan fingerprint density at radius 2 is 2.00 bits per heavy atom. The number of carboxylic acid groups (broad SMARTS) is 1. The number of pyridine rings is 1. The number of benzene rings is 1. The zero-order valence-electron chi connectivity index (χ0n) is 10.6. The molecule has 0 aliphatic heterocycles. The summed E-state index contributed by atoms with van der Waals surface area (Å²) in [6, 6.07) is 7.37. The van der Waals surface area contributed by atoms with Crippen molar-refractivity contribution in [3.63, 3.8) is 0 Å². The Bertz CT molecular complexity index is 641. The molecule has 0 amide bonds. The van der Waals surface area contributed by atoms with E-state index in [1.54, 1.807) is 6.20 Å². The van der Waals surface area contributed by atoms with Gasteiger partial charge in [-0.3, -0.25) is 0 Å². The molecule has 0 bridgehead atoms. The number of rotatable bonds is 3. The molecular formula is C14H13BrN2O2. The van der Waals surface area contributed by atoms with Gasteiger partial charge < -0.3 is 10.4 Å². The molecule has 0 spiro atoms. The number of nitrogens with one attached hydrogen (secondary N) is 1. The number of aromatic carboxylic acids is 1. The topological polar surface area (TPSA) is 62.2 Å². The minimum atomic E-state index is -1.01. The third-order valence-electron chi connectivity index (χ3n) is 2.85. The molecule has 2 aromatic rings. The molecule has 0 atom stereocenters. The highest BCUT2D eigenvalue weighted by Crippen LogP contribution is 2.23. The predicted molar refractivity (Wildman–Crippen MR) is 78.1 cm³/mol. The highest BCUT2D eigenvalue weighted by atomic mass is 79.9. The minimum Gasteiger partial charge on any atom is -0.478 e. The van der Waals surface area contributed by atoms with Gasteiger partial charge in [-0.15, -0.1) is 0 Å². The van der Waals surface area contributed by atoms with Gasteiger partial charge in [0.15, 0.2) is 0 Å². The smallest absolute Gasteiger partial charge is 0.339 e. The van der Waals surface area contributed by atoms with E-state index in [0.29, 0.717) is 10.3 Å². The summed E-state index contributed by atoms with van der Waals surface area (Å²) in [6.45, 7) is 4.04. The van der Waals surface area contributed by atoms with Crippen molar-refractivity contribution < 1.29 is 9.90 Å². The van der Waals surface area contributed by atoms with Crippen molar-refractivity contribution >= 4 is 33.4 Å². The van der Waals surface area contributed by atoms with E-state index in [-0.39, 0.29) is 5.56 Å². The second-order valence-corrected chi connectivity index (χ2v) is 5.19. The molecule has 0 saturated heterocycles. The molecule has 0 radical (unpaired) electrons. The molecule has 1 aromatic carbocycles. The van der Waals surface area contributed by atoms with Crippen LogP contribution in [-0.2, 0) is 0 Å². The van der Waals surface area contributed by atoms with Gasteiger partial charge in [0, 0.05) is 16.4 Å². The van der Waals surface area contributed by atoms with Gasteiger partial charge in [0.1, 0.15) is 11.4 Å². The highest BCUT2D eigenvalue weighted by Gasteiger charge is 2.12. The first-order valence-electron chi connectivity index (χ1n) is 5.70. The van der Waals surface area contributed by atoms with Crippen LogP contribution in [0.15, 0.2) is 34.9 Å². The Morgan fingerprint density at radius 3 is 2.63 bits per heavy atom. The van der Waals surface area contributed by atoms with E-state index in [4.69, 9.17) is 5.11 Å². The van der Waals surface area contributed by atoms with Crippen molar-refractivity contribution in [1.29, 1.82) is 0 Å². The van der Waals surface area contributed by atoms with Gasteiger partial charge in [0.2, 0.25) is 0 Å². The van der Waals surface area contributed by atoms with Gasteiger partial charge in [0.25, 0.3) is 0 Å². The van der Waals surface area contributed by atoms with Gasteiger partial charge in [-0.1, -0.05) is 6.07 Å². The Balaban J connectivity index is 2.37. The van der Waals surface area contributed by atoms with Crippen LogP contribution in [0.5, 0.6) is 0 Å². The molecular weight excluding hydrogens is 308 g/mol. The molecule has 0 fully saturated rings. The lowest BCUT2D eigenvalue weighted by Gasteiger charge is -2.10. The van der Waals surface area contributed by atoms with Gasteiger partial charge in [-0.25, -0.2) is 9.78 Å². The molecule has 0 aliphatic rings. The summed E-state index contributed by atoms with van der Waals surface area (Å²) in [5.74, 6) is -0.681. The third kappa shape index (κ3) is 3.12. The van der Waals surface area contributed by atoms with Crippen molar-refractivity contribution in [2.45, 2.75) is 13.8 Å². The predicted octanol–water partition coefficient (Wildman–Crippen LogP) is 3.90. The quantitative estimate of drug-likeness (QED) is 0.900. The van der Waals surface area contributed by atoms with Crippen LogP contribution in [0.1, 0.15) is 21.5 Å². The van der Waals surface area contributed by atoms with Gasteiger partial charge in [-0.05, 0) is 59.1 Å². The van der Waals surface area contributed by atoms with Crippen molar-refractivity contribution in [3.05, 3.63) is 51.6 Å². The fourth-order valence-corrected chi connectivity index (χ4v) is 1.99. The first-order chi connectivity index (χ1) is 8.97. The van der Waals surface area contributed by atoms with Crippen LogP contribution in [0.3, 0.4) is 0 Å². The number of anilines is 2. The molecule has 0 saturated carbocycles.